The van der Waals surface area contributed by atoms with Crippen molar-refractivity contribution < 1.29 is 23.1 Å². The van der Waals surface area contributed by atoms with Crippen LogP contribution in [0.4, 0.5) is 18.0 Å². The summed E-state index contributed by atoms with van der Waals surface area (Å²) in [5, 5.41) is 11.5. The number of aromatic nitrogens is 2. The van der Waals surface area contributed by atoms with Crippen LogP contribution in [0.25, 0.3) is 0 Å². The number of nitrogens with one attached hydrogen (secondary N) is 1. The number of alkyl halides is 4. The van der Waals surface area contributed by atoms with Gasteiger partial charge in [0.25, 0.3) is 0 Å². The molecule has 2 rings (SSSR count). The molecular formula is C11H14ClF3N4O2. The van der Waals surface area contributed by atoms with E-state index >= 15 is 0 Å². The molecule has 0 unspecified atom stereocenters. The molecule has 6 nitrogen and oxygen atoms in total. The minimum Gasteiger partial charge on any atom is -0.465 e. The molecule has 1 fully saturated rings. The van der Waals surface area contributed by atoms with Crippen molar-refractivity contribution >= 4 is 17.7 Å². The van der Waals surface area contributed by atoms with Crippen LogP contribution >= 0.6 is 11.6 Å². The lowest BCUT2D eigenvalue weighted by Gasteiger charge is -2.23. The molecule has 1 saturated heterocycles. The SMILES string of the molecule is FC(F)(F)c1ncncc1CCl.O=C(O)N1CCNCC1. The molecule has 1 aliphatic rings. The molecule has 0 radical (unpaired) electrons. The fourth-order valence-electron chi connectivity index (χ4n) is 1.57. The minimum atomic E-state index is -4.45. The van der Waals surface area contributed by atoms with E-state index in [9.17, 15) is 18.0 Å². The minimum absolute atomic E-state index is 0.105. The lowest BCUT2D eigenvalue weighted by molar-refractivity contribution is -0.141. The first kappa shape index (κ1) is 17.4. The second-order valence-electron chi connectivity index (χ2n) is 4.05. The van der Waals surface area contributed by atoms with Crippen LogP contribution in [-0.2, 0) is 12.1 Å². The van der Waals surface area contributed by atoms with Crippen molar-refractivity contribution in [1.82, 2.24) is 20.2 Å². The molecule has 0 saturated carbocycles. The number of nitrogens with zero attached hydrogens (tertiary/aromatic N) is 3. The Balaban J connectivity index is 0.000000219. The first-order valence-corrected chi connectivity index (χ1v) is 6.50. The Labute approximate surface area is 123 Å². The van der Waals surface area contributed by atoms with Crippen molar-refractivity contribution in [3.05, 3.63) is 23.8 Å². The quantitative estimate of drug-likeness (QED) is 0.769. The predicted molar refractivity (Wildman–Crippen MR) is 69.1 cm³/mol. The van der Waals surface area contributed by atoms with Gasteiger partial charge in [-0.05, 0) is 0 Å². The molecule has 2 N–H and O–H groups in total. The van der Waals surface area contributed by atoms with Crippen LogP contribution in [-0.4, -0.2) is 52.2 Å². The molecule has 2 heterocycles. The number of rotatable bonds is 1. The van der Waals surface area contributed by atoms with Crippen molar-refractivity contribution in [1.29, 1.82) is 0 Å². The molecule has 10 heteroatoms. The van der Waals surface area contributed by atoms with Crippen molar-refractivity contribution in [2.75, 3.05) is 26.2 Å². The van der Waals surface area contributed by atoms with E-state index in [0.29, 0.717) is 13.1 Å². The van der Waals surface area contributed by atoms with Gasteiger partial charge in [0.05, 0.1) is 5.88 Å². The molecule has 0 aromatic carbocycles. The normalized spacial score (nSPS) is 15.1. The third kappa shape index (κ3) is 5.72. The van der Waals surface area contributed by atoms with E-state index in [1.807, 2.05) is 0 Å². The van der Waals surface area contributed by atoms with Gasteiger partial charge < -0.3 is 15.3 Å². The van der Waals surface area contributed by atoms with E-state index in [-0.39, 0.29) is 11.4 Å². The number of amides is 1. The summed E-state index contributed by atoms with van der Waals surface area (Å²) < 4.78 is 36.3. The van der Waals surface area contributed by atoms with Gasteiger partial charge in [0.15, 0.2) is 5.69 Å². The Morgan fingerprint density at radius 1 is 1.43 bits per heavy atom. The highest BCUT2D eigenvalue weighted by Gasteiger charge is 2.34. The summed E-state index contributed by atoms with van der Waals surface area (Å²) in [6, 6.07) is 0. The number of carbonyl (C=O) groups is 1. The third-order valence-corrected chi connectivity index (χ3v) is 2.88. The monoisotopic (exact) mass is 326 g/mol. The van der Waals surface area contributed by atoms with E-state index in [2.05, 4.69) is 15.3 Å². The number of hydrogen-bond donors (Lipinski definition) is 2. The van der Waals surface area contributed by atoms with Crippen molar-refractivity contribution in [2.45, 2.75) is 12.1 Å². The zero-order valence-electron chi connectivity index (χ0n) is 10.9. The fraction of sp³-hybridized carbons (Fsp3) is 0.545. The average Bonchev–Trinajstić information content (AvgIpc) is 2.48. The molecule has 1 aromatic heterocycles. The largest absolute Gasteiger partial charge is 0.465 e. The summed E-state index contributed by atoms with van der Waals surface area (Å²) in [7, 11) is 0. The van der Waals surface area contributed by atoms with Crippen molar-refractivity contribution in [3.63, 3.8) is 0 Å². The Bertz CT molecular complexity index is 467. The molecule has 1 aliphatic heterocycles. The van der Waals surface area contributed by atoms with Crippen LogP contribution < -0.4 is 5.32 Å². The number of halogens is 4. The number of piperazine rings is 1. The maximum atomic E-state index is 12.1. The van der Waals surface area contributed by atoms with Gasteiger partial charge in [0, 0.05) is 37.9 Å². The molecule has 0 spiro atoms. The predicted octanol–water partition coefficient (Wildman–Crippen LogP) is 1.80. The maximum Gasteiger partial charge on any atom is 0.433 e. The molecular weight excluding hydrogens is 313 g/mol. The topological polar surface area (TPSA) is 78.3 Å². The average molecular weight is 327 g/mol. The van der Waals surface area contributed by atoms with Gasteiger partial charge in [-0.1, -0.05) is 0 Å². The Morgan fingerprint density at radius 3 is 2.43 bits per heavy atom. The van der Waals surface area contributed by atoms with Gasteiger partial charge in [-0.15, -0.1) is 11.6 Å². The summed E-state index contributed by atoms with van der Waals surface area (Å²) in [5.41, 5.74) is -1.07. The zero-order valence-corrected chi connectivity index (χ0v) is 11.7. The van der Waals surface area contributed by atoms with E-state index in [0.717, 1.165) is 25.6 Å². The van der Waals surface area contributed by atoms with Crippen LogP contribution in [0, 0.1) is 0 Å². The third-order valence-electron chi connectivity index (χ3n) is 2.59. The Kier molecular flexibility index (Phi) is 6.63. The van der Waals surface area contributed by atoms with E-state index in [1.165, 1.54) is 4.90 Å². The summed E-state index contributed by atoms with van der Waals surface area (Å²) in [6.45, 7) is 2.81. The second-order valence-corrected chi connectivity index (χ2v) is 4.31. The molecule has 0 atom stereocenters. The Hall–Kier alpha value is -1.61. The maximum absolute atomic E-state index is 12.1. The molecule has 0 bridgehead atoms. The second kappa shape index (κ2) is 7.99. The highest BCUT2D eigenvalue weighted by molar-refractivity contribution is 6.17. The van der Waals surface area contributed by atoms with Gasteiger partial charge in [0.2, 0.25) is 0 Å². The van der Waals surface area contributed by atoms with Gasteiger partial charge in [-0.3, -0.25) is 0 Å². The summed E-state index contributed by atoms with van der Waals surface area (Å²) in [4.78, 5) is 18.2. The summed E-state index contributed by atoms with van der Waals surface area (Å²) in [5.74, 6) is -0.240. The molecule has 118 valence electrons. The van der Waals surface area contributed by atoms with Crippen LogP contribution in [0.2, 0.25) is 0 Å². The van der Waals surface area contributed by atoms with Crippen LogP contribution in [0.15, 0.2) is 12.5 Å². The van der Waals surface area contributed by atoms with Gasteiger partial charge in [-0.2, -0.15) is 13.2 Å². The van der Waals surface area contributed by atoms with E-state index in [1.54, 1.807) is 0 Å². The highest BCUT2D eigenvalue weighted by atomic mass is 35.5. The van der Waals surface area contributed by atoms with E-state index in [4.69, 9.17) is 16.7 Å². The summed E-state index contributed by atoms with van der Waals surface area (Å²) >= 11 is 5.26. The highest BCUT2D eigenvalue weighted by Crippen LogP contribution is 2.30. The Morgan fingerprint density at radius 2 is 2.05 bits per heavy atom. The number of hydrogen-bond acceptors (Lipinski definition) is 4. The molecule has 0 aliphatic carbocycles. The molecule has 1 amide bonds. The van der Waals surface area contributed by atoms with Crippen LogP contribution in [0.5, 0.6) is 0 Å². The summed E-state index contributed by atoms with van der Waals surface area (Å²) in [6.07, 6.45) is -3.36. The molecule has 1 aromatic rings. The lowest BCUT2D eigenvalue weighted by Crippen LogP contribution is -2.45. The van der Waals surface area contributed by atoms with E-state index < -0.39 is 18.0 Å². The smallest absolute Gasteiger partial charge is 0.433 e. The van der Waals surface area contributed by atoms with Gasteiger partial charge in [0.1, 0.15) is 6.33 Å². The lowest BCUT2D eigenvalue weighted by atomic mass is 10.2. The first-order valence-electron chi connectivity index (χ1n) is 5.97. The van der Waals surface area contributed by atoms with Crippen LogP contribution in [0.3, 0.4) is 0 Å². The van der Waals surface area contributed by atoms with Crippen molar-refractivity contribution in [3.8, 4) is 0 Å². The standard InChI is InChI=1S/C6H4ClF3N2.C5H10N2O2/c7-1-4-2-11-3-12-5(4)6(8,9)10;8-5(9)7-3-1-6-2-4-7/h2-3H,1H2;6H,1-4H2,(H,8,9). The van der Waals surface area contributed by atoms with Crippen LogP contribution in [0.1, 0.15) is 11.3 Å². The first-order chi connectivity index (χ1) is 9.86. The van der Waals surface area contributed by atoms with Gasteiger partial charge >= 0.3 is 12.3 Å². The van der Waals surface area contributed by atoms with Gasteiger partial charge in [-0.25, -0.2) is 14.8 Å². The van der Waals surface area contributed by atoms with Crippen molar-refractivity contribution in [2.24, 2.45) is 0 Å². The number of carboxylic acid groups (broad SMARTS) is 1. The fourth-order valence-corrected chi connectivity index (χ4v) is 1.76. The zero-order chi connectivity index (χ0) is 15.9. The molecule has 21 heavy (non-hydrogen) atoms.